The Morgan fingerprint density at radius 1 is 1.06 bits per heavy atom. The second kappa shape index (κ2) is 11.4. The van der Waals surface area contributed by atoms with Crippen LogP contribution in [0, 0.1) is 0 Å². The Hall–Kier alpha value is -2.24. The van der Waals surface area contributed by atoms with E-state index in [1.807, 2.05) is 12.1 Å². The summed E-state index contributed by atoms with van der Waals surface area (Å²) in [6, 6.07) is 13.8. The molecular formula is C24H28Cl2N2O3. The molecule has 0 heterocycles. The number of carbonyl (C=O) groups excluding carboxylic acids is 2. The van der Waals surface area contributed by atoms with E-state index in [0.29, 0.717) is 15.8 Å². The lowest BCUT2D eigenvalue weighted by Crippen LogP contribution is -2.51. The summed E-state index contributed by atoms with van der Waals surface area (Å²) in [4.78, 5) is 27.6. The van der Waals surface area contributed by atoms with Gasteiger partial charge < -0.3 is 15.0 Å². The van der Waals surface area contributed by atoms with E-state index in [1.165, 1.54) is 11.3 Å². The Balaban J connectivity index is 1.70. The lowest BCUT2D eigenvalue weighted by Gasteiger charge is -2.31. The predicted molar refractivity (Wildman–Crippen MR) is 123 cm³/mol. The van der Waals surface area contributed by atoms with Crippen molar-refractivity contribution in [2.45, 2.75) is 57.7 Å². The van der Waals surface area contributed by atoms with Gasteiger partial charge in [0.1, 0.15) is 11.8 Å². The van der Waals surface area contributed by atoms with Crippen molar-refractivity contribution in [1.82, 2.24) is 10.2 Å². The van der Waals surface area contributed by atoms with Gasteiger partial charge in [0.2, 0.25) is 5.91 Å². The normalized spacial score (nSPS) is 15.2. The molecule has 1 aliphatic rings. The third-order valence-corrected chi connectivity index (χ3v) is 6.14. The molecule has 0 spiro atoms. The molecule has 2 aromatic carbocycles. The maximum absolute atomic E-state index is 13.1. The number of halogens is 2. The summed E-state index contributed by atoms with van der Waals surface area (Å²) < 4.78 is 5.64. The summed E-state index contributed by atoms with van der Waals surface area (Å²) >= 11 is 12.1. The summed E-state index contributed by atoms with van der Waals surface area (Å²) in [6.45, 7) is 1.82. The number of amides is 2. The SMILES string of the molecule is C[C@H](C(=O)NC1CCCCC1)N(Cc1ccc(Cl)cc1)C(=O)COc1ccccc1Cl. The molecule has 1 saturated carbocycles. The van der Waals surface area contributed by atoms with Crippen LogP contribution in [0.15, 0.2) is 48.5 Å². The van der Waals surface area contributed by atoms with Gasteiger partial charge in [-0.15, -0.1) is 0 Å². The lowest BCUT2D eigenvalue weighted by atomic mass is 9.95. The topological polar surface area (TPSA) is 58.6 Å². The van der Waals surface area contributed by atoms with Crippen molar-refractivity contribution in [2.75, 3.05) is 6.61 Å². The van der Waals surface area contributed by atoms with Crippen molar-refractivity contribution in [2.24, 2.45) is 0 Å². The zero-order chi connectivity index (χ0) is 22.2. The highest BCUT2D eigenvalue weighted by Crippen LogP contribution is 2.23. The Morgan fingerprint density at radius 2 is 1.74 bits per heavy atom. The van der Waals surface area contributed by atoms with Crippen LogP contribution in [0.1, 0.15) is 44.6 Å². The Kier molecular flexibility index (Phi) is 8.61. The van der Waals surface area contributed by atoms with Crippen LogP contribution >= 0.6 is 23.2 Å². The van der Waals surface area contributed by atoms with Crippen LogP contribution in [0.2, 0.25) is 10.0 Å². The molecule has 2 amide bonds. The summed E-state index contributed by atoms with van der Waals surface area (Å²) in [5, 5.41) is 4.17. The van der Waals surface area contributed by atoms with Gasteiger partial charge in [-0.3, -0.25) is 9.59 Å². The number of rotatable bonds is 8. The van der Waals surface area contributed by atoms with Crippen molar-refractivity contribution in [3.8, 4) is 5.75 Å². The predicted octanol–water partition coefficient (Wildman–Crippen LogP) is 5.24. The summed E-state index contributed by atoms with van der Waals surface area (Å²) in [7, 11) is 0. The highest BCUT2D eigenvalue weighted by atomic mass is 35.5. The molecule has 7 heteroatoms. The number of nitrogens with zero attached hydrogens (tertiary/aromatic N) is 1. The number of para-hydroxylation sites is 1. The summed E-state index contributed by atoms with van der Waals surface area (Å²) in [6.07, 6.45) is 5.43. The fourth-order valence-corrected chi connectivity index (χ4v) is 4.04. The van der Waals surface area contributed by atoms with E-state index in [-0.39, 0.29) is 31.0 Å². The average Bonchev–Trinajstić information content (AvgIpc) is 2.78. The molecular weight excluding hydrogens is 435 g/mol. The average molecular weight is 463 g/mol. The first-order valence-electron chi connectivity index (χ1n) is 10.7. The van der Waals surface area contributed by atoms with Crippen molar-refractivity contribution < 1.29 is 14.3 Å². The summed E-state index contributed by atoms with van der Waals surface area (Å²) in [5.41, 5.74) is 0.882. The van der Waals surface area contributed by atoms with E-state index in [2.05, 4.69) is 5.32 Å². The highest BCUT2D eigenvalue weighted by Gasteiger charge is 2.28. The molecule has 1 fully saturated rings. The lowest BCUT2D eigenvalue weighted by molar-refractivity contribution is -0.142. The van der Waals surface area contributed by atoms with Gasteiger partial charge in [-0.25, -0.2) is 0 Å². The van der Waals surface area contributed by atoms with E-state index in [4.69, 9.17) is 27.9 Å². The monoisotopic (exact) mass is 462 g/mol. The fourth-order valence-electron chi connectivity index (χ4n) is 3.72. The zero-order valence-corrected chi connectivity index (χ0v) is 19.2. The summed E-state index contributed by atoms with van der Waals surface area (Å²) in [5.74, 6) is -0.00334. The number of carbonyl (C=O) groups is 2. The van der Waals surface area contributed by atoms with E-state index in [1.54, 1.807) is 43.3 Å². The number of nitrogens with one attached hydrogen (secondary N) is 1. The van der Waals surface area contributed by atoms with E-state index >= 15 is 0 Å². The first kappa shape index (κ1) is 23.4. The van der Waals surface area contributed by atoms with E-state index in [0.717, 1.165) is 31.2 Å². The number of ether oxygens (including phenoxy) is 1. The Bertz CT molecular complexity index is 883. The third kappa shape index (κ3) is 6.88. The van der Waals surface area contributed by atoms with Crippen molar-refractivity contribution in [3.63, 3.8) is 0 Å². The minimum absolute atomic E-state index is 0.146. The van der Waals surface area contributed by atoms with Crippen LogP contribution in [0.25, 0.3) is 0 Å². The first-order chi connectivity index (χ1) is 14.9. The Labute approximate surface area is 193 Å². The standard InChI is InChI=1S/C24H28Cl2N2O3/c1-17(24(30)27-20-7-3-2-4-8-20)28(15-18-11-13-19(25)14-12-18)23(29)16-31-22-10-6-5-9-21(22)26/h5-6,9-14,17,20H,2-4,7-8,15-16H2,1H3,(H,27,30)/t17-/m1/s1. The quantitative estimate of drug-likeness (QED) is 0.583. The molecule has 0 saturated heterocycles. The Morgan fingerprint density at radius 3 is 2.42 bits per heavy atom. The molecule has 1 aliphatic carbocycles. The van der Waals surface area contributed by atoms with Crippen LogP contribution in [0.4, 0.5) is 0 Å². The number of hydrogen-bond donors (Lipinski definition) is 1. The highest BCUT2D eigenvalue weighted by molar-refractivity contribution is 6.32. The third-order valence-electron chi connectivity index (χ3n) is 5.57. The largest absolute Gasteiger partial charge is 0.482 e. The zero-order valence-electron chi connectivity index (χ0n) is 17.7. The van der Waals surface area contributed by atoms with Gasteiger partial charge in [0.05, 0.1) is 5.02 Å². The van der Waals surface area contributed by atoms with Gasteiger partial charge in [-0.05, 0) is 49.6 Å². The molecule has 0 aromatic heterocycles. The molecule has 166 valence electrons. The first-order valence-corrected chi connectivity index (χ1v) is 11.4. The van der Waals surface area contributed by atoms with Crippen LogP contribution in [0.5, 0.6) is 5.75 Å². The van der Waals surface area contributed by atoms with Gasteiger partial charge in [0.25, 0.3) is 5.91 Å². The minimum atomic E-state index is -0.639. The minimum Gasteiger partial charge on any atom is -0.482 e. The number of benzene rings is 2. The molecule has 31 heavy (non-hydrogen) atoms. The van der Waals surface area contributed by atoms with Gasteiger partial charge in [0, 0.05) is 17.6 Å². The molecule has 5 nitrogen and oxygen atoms in total. The molecule has 0 aliphatic heterocycles. The second-order valence-corrected chi connectivity index (χ2v) is 8.73. The van der Waals surface area contributed by atoms with Crippen molar-refractivity contribution in [3.05, 3.63) is 64.1 Å². The van der Waals surface area contributed by atoms with Crippen molar-refractivity contribution in [1.29, 1.82) is 0 Å². The van der Waals surface area contributed by atoms with Crippen LogP contribution < -0.4 is 10.1 Å². The van der Waals surface area contributed by atoms with Crippen molar-refractivity contribution >= 4 is 35.0 Å². The second-order valence-electron chi connectivity index (χ2n) is 7.89. The van der Waals surface area contributed by atoms with Gasteiger partial charge in [-0.2, -0.15) is 0 Å². The smallest absolute Gasteiger partial charge is 0.261 e. The maximum atomic E-state index is 13.1. The van der Waals surface area contributed by atoms with Gasteiger partial charge in [-0.1, -0.05) is 66.7 Å². The fraction of sp³-hybridized carbons (Fsp3) is 0.417. The molecule has 1 N–H and O–H groups in total. The maximum Gasteiger partial charge on any atom is 0.261 e. The van der Waals surface area contributed by atoms with E-state index < -0.39 is 6.04 Å². The molecule has 1 atom stereocenters. The molecule has 3 rings (SSSR count). The van der Waals surface area contributed by atoms with E-state index in [9.17, 15) is 9.59 Å². The van der Waals surface area contributed by atoms with Gasteiger partial charge in [0.15, 0.2) is 6.61 Å². The molecule has 0 unspecified atom stereocenters. The van der Waals surface area contributed by atoms with Crippen LogP contribution in [0.3, 0.4) is 0 Å². The molecule has 0 bridgehead atoms. The van der Waals surface area contributed by atoms with Crippen LogP contribution in [-0.4, -0.2) is 35.4 Å². The number of hydrogen-bond acceptors (Lipinski definition) is 3. The van der Waals surface area contributed by atoms with Gasteiger partial charge >= 0.3 is 0 Å². The molecule has 2 aromatic rings. The van der Waals surface area contributed by atoms with Crippen LogP contribution in [-0.2, 0) is 16.1 Å². The molecule has 0 radical (unpaired) electrons.